The van der Waals surface area contributed by atoms with Crippen LogP contribution in [0.25, 0.3) is 0 Å². The molecule has 2 aromatic carbocycles. The van der Waals surface area contributed by atoms with Crippen molar-refractivity contribution in [2.75, 3.05) is 20.1 Å². The van der Waals surface area contributed by atoms with Crippen LogP contribution in [0.4, 0.5) is 4.39 Å². The van der Waals surface area contributed by atoms with E-state index in [2.05, 4.69) is 6.07 Å². The maximum Gasteiger partial charge on any atom is 0.317 e. The van der Waals surface area contributed by atoms with Crippen molar-refractivity contribution in [3.63, 3.8) is 0 Å². The zero-order valence-corrected chi connectivity index (χ0v) is 14.4. The average molecular weight is 354 g/mol. The predicted molar refractivity (Wildman–Crippen MR) is 92.9 cm³/mol. The lowest BCUT2D eigenvalue weighted by Gasteiger charge is -2.32. The Bertz CT molecular complexity index is 860. The molecule has 0 fully saturated rings. The standard InChI is InChI=1S/C20H19FN2O3/c1-23(12-19(24)25)9-8-20(16-3-5-17(21)6-4-16)18-7-2-14(11-22)10-15(18)13-26-20/h2-7,10H,8-9,12-13H2,1H3,(H,24,25). The molecule has 26 heavy (non-hydrogen) atoms. The number of nitrogens with zero attached hydrogens (tertiary/aromatic N) is 2. The molecule has 1 aliphatic rings. The molecule has 0 saturated carbocycles. The molecular formula is C20H19FN2O3. The van der Waals surface area contributed by atoms with Gasteiger partial charge in [0.25, 0.3) is 0 Å². The second kappa shape index (κ2) is 7.24. The summed E-state index contributed by atoms with van der Waals surface area (Å²) in [7, 11) is 1.74. The normalized spacial score (nSPS) is 18.5. The molecule has 2 aromatic rings. The molecule has 3 rings (SSSR count). The van der Waals surface area contributed by atoms with Crippen LogP contribution in [0.5, 0.6) is 0 Å². The van der Waals surface area contributed by atoms with Crippen LogP contribution < -0.4 is 0 Å². The summed E-state index contributed by atoms with van der Waals surface area (Å²) in [5.74, 6) is -1.22. The number of fused-ring (bicyclic) bond motifs is 1. The zero-order valence-electron chi connectivity index (χ0n) is 14.4. The molecule has 0 bridgehead atoms. The molecule has 0 amide bonds. The van der Waals surface area contributed by atoms with Crippen LogP contribution >= 0.6 is 0 Å². The van der Waals surface area contributed by atoms with Crippen molar-refractivity contribution in [2.45, 2.75) is 18.6 Å². The highest BCUT2D eigenvalue weighted by Crippen LogP contribution is 2.44. The van der Waals surface area contributed by atoms with Gasteiger partial charge >= 0.3 is 5.97 Å². The monoisotopic (exact) mass is 354 g/mol. The lowest BCUT2D eigenvalue weighted by molar-refractivity contribution is -0.138. The molecule has 134 valence electrons. The van der Waals surface area contributed by atoms with Gasteiger partial charge in [-0.25, -0.2) is 4.39 Å². The lowest BCUT2D eigenvalue weighted by Crippen LogP contribution is -2.34. The van der Waals surface area contributed by atoms with E-state index >= 15 is 0 Å². The van der Waals surface area contributed by atoms with Gasteiger partial charge in [-0.05, 0) is 54.4 Å². The summed E-state index contributed by atoms with van der Waals surface area (Å²) in [6, 6.07) is 13.7. The molecule has 5 nitrogen and oxygen atoms in total. The van der Waals surface area contributed by atoms with Crippen molar-refractivity contribution in [1.29, 1.82) is 5.26 Å². The molecule has 1 unspecified atom stereocenters. The van der Waals surface area contributed by atoms with Crippen LogP contribution in [0.2, 0.25) is 0 Å². The van der Waals surface area contributed by atoms with Gasteiger partial charge in [-0.3, -0.25) is 9.69 Å². The largest absolute Gasteiger partial charge is 0.480 e. The van der Waals surface area contributed by atoms with Gasteiger partial charge < -0.3 is 9.84 Å². The Kier molecular flexibility index (Phi) is 5.03. The van der Waals surface area contributed by atoms with E-state index in [0.717, 1.165) is 16.7 Å². The summed E-state index contributed by atoms with van der Waals surface area (Å²) in [5, 5.41) is 18.1. The van der Waals surface area contributed by atoms with E-state index in [4.69, 9.17) is 15.1 Å². The number of carboxylic acid groups (broad SMARTS) is 1. The smallest absolute Gasteiger partial charge is 0.317 e. The summed E-state index contributed by atoms with van der Waals surface area (Å²) >= 11 is 0. The fraction of sp³-hybridized carbons (Fsp3) is 0.300. The predicted octanol–water partition coefficient (Wildman–Crippen LogP) is 2.88. The Morgan fingerprint density at radius 2 is 2.08 bits per heavy atom. The molecule has 0 saturated heterocycles. The first-order valence-electron chi connectivity index (χ1n) is 8.28. The van der Waals surface area contributed by atoms with Crippen molar-refractivity contribution in [3.05, 3.63) is 70.5 Å². The molecule has 0 spiro atoms. The summed E-state index contributed by atoms with van der Waals surface area (Å²) < 4.78 is 19.6. The van der Waals surface area contributed by atoms with Crippen LogP contribution in [0, 0.1) is 17.1 Å². The number of ether oxygens (including phenoxy) is 1. The Morgan fingerprint density at radius 3 is 2.73 bits per heavy atom. The van der Waals surface area contributed by atoms with E-state index in [1.54, 1.807) is 30.1 Å². The molecule has 0 radical (unpaired) electrons. The number of carboxylic acids is 1. The van der Waals surface area contributed by atoms with Crippen molar-refractivity contribution in [1.82, 2.24) is 4.90 Å². The van der Waals surface area contributed by atoms with E-state index < -0.39 is 11.6 Å². The first-order valence-corrected chi connectivity index (χ1v) is 8.28. The van der Waals surface area contributed by atoms with Crippen LogP contribution in [0.1, 0.15) is 28.7 Å². The van der Waals surface area contributed by atoms with Gasteiger partial charge in [0, 0.05) is 6.54 Å². The Morgan fingerprint density at radius 1 is 1.35 bits per heavy atom. The molecule has 0 aliphatic carbocycles. The van der Waals surface area contributed by atoms with E-state index in [1.165, 1.54) is 12.1 Å². The summed E-state index contributed by atoms with van der Waals surface area (Å²) in [4.78, 5) is 12.6. The Hall–Kier alpha value is -2.75. The topological polar surface area (TPSA) is 73.6 Å². The van der Waals surface area contributed by atoms with Gasteiger partial charge in [0.2, 0.25) is 0 Å². The maximum atomic E-state index is 13.4. The molecule has 0 aromatic heterocycles. The van der Waals surface area contributed by atoms with Crippen LogP contribution in [-0.4, -0.2) is 36.1 Å². The molecule has 1 N–H and O–H groups in total. The molecule has 1 atom stereocenters. The highest BCUT2D eigenvalue weighted by atomic mass is 19.1. The third-order valence-electron chi connectivity index (χ3n) is 4.70. The van der Waals surface area contributed by atoms with Crippen LogP contribution in [-0.2, 0) is 21.7 Å². The Balaban J connectivity index is 1.98. The van der Waals surface area contributed by atoms with Gasteiger partial charge in [0.1, 0.15) is 11.4 Å². The second-order valence-electron chi connectivity index (χ2n) is 6.49. The van der Waals surface area contributed by atoms with Gasteiger partial charge in [-0.2, -0.15) is 5.26 Å². The number of likely N-dealkylation sites (N-methyl/N-ethyl adjacent to an activating group) is 1. The second-order valence-corrected chi connectivity index (χ2v) is 6.49. The van der Waals surface area contributed by atoms with E-state index in [0.29, 0.717) is 25.1 Å². The Labute approximate surface area is 151 Å². The molecule has 1 heterocycles. The minimum Gasteiger partial charge on any atom is -0.480 e. The number of carbonyl (C=O) groups is 1. The number of aliphatic carboxylic acids is 1. The van der Waals surface area contributed by atoms with Gasteiger partial charge in [0.05, 0.1) is 24.8 Å². The highest BCUT2D eigenvalue weighted by molar-refractivity contribution is 5.69. The van der Waals surface area contributed by atoms with E-state index in [9.17, 15) is 9.18 Å². The molecule has 1 aliphatic heterocycles. The lowest BCUT2D eigenvalue weighted by atomic mass is 9.82. The molecular weight excluding hydrogens is 335 g/mol. The fourth-order valence-electron chi connectivity index (χ4n) is 3.42. The number of hydrogen-bond acceptors (Lipinski definition) is 4. The summed E-state index contributed by atoms with van der Waals surface area (Å²) in [6.45, 7) is 0.772. The quantitative estimate of drug-likeness (QED) is 0.863. The first-order chi connectivity index (χ1) is 12.4. The van der Waals surface area contributed by atoms with Gasteiger partial charge in [0.15, 0.2) is 0 Å². The minimum absolute atomic E-state index is 0.0697. The number of benzene rings is 2. The average Bonchev–Trinajstić information content (AvgIpc) is 2.99. The summed E-state index contributed by atoms with van der Waals surface area (Å²) in [6.07, 6.45) is 0.515. The highest BCUT2D eigenvalue weighted by Gasteiger charge is 2.41. The van der Waals surface area contributed by atoms with Gasteiger partial charge in [-0.15, -0.1) is 0 Å². The van der Waals surface area contributed by atoms with Gasteiger partial charge in [-0.1, -0.05) is 18.2 Å². The SMILES string of the molecule is CN(CCC1(c2ccc(F)cc2)OCc2cc(C#N)ccc21)CC(=O)O. The minimum atomic E-state index is -0.894. The van der Waals surface area contributed by atoms with Crippen LogP contribution in [0.15, 0.2) is 42.5 Å². The van der Waals surface area contributed by atoms with E-state index in [-0.39, 0.29) is 12.4 Å². The summed E-state index contributed by atoms with van der Waals surface area (Å²) in [5.41, 5.74) is 2.45. The zero-order chi connectivity index (χ0) is 18.7. The van der Waals surface area contributed by atoms with Crippen LogP contribution in [0.3, 0.4) is 0 Å². The first kappa shape index (κ1) is 18.1. The third kappa shape index (κ3) is 3.45. The maximum absolute atomic E-state index is 13.4. The van der Waals surface area contributed by atoms with Crippen molar-refractivity contribution in [3.8, 4) is 6.07 Å². The number of halogens is 1. The van der Waals surface area contributed by atoms with Crippen molar-refractivity contribution < 1.29 is 19.0 Å². The number of hydrogen-bond donors (Lipinski definition) is 1. The van der Waals surface area contributed by atoms with Crippen molar-refractivity contribution >= 4 is 5.97 Å². The number of rotatable bonds is 6. The van der Waals surface area contributed by atoms with Crippen molar-refractivity contribution in [2.24, 2.45) is 0 Å². The third-order valence-corrected chi connectivity index (χ3v) is 4.70. The fourth-order valence-corrected chi connectivity index (χ4v) is 3.42. The molecule has 6 heteroatoms. The van der Waals surface area contributed by atoms with E-state index in [1.807, 2.05) is 12.1 Å². The number of nitriles is 1.